The Bertz CT molecular complexity index is 10500. The molecule has 23 nitrogen and oxygen atoms in total. The van der Waals surface area contributed by atoms with E-state index in [4.69, 9.17) is 43.1 Å². The molecule has 1 aliphatic carbocycles. The van der Waals surface area contributed by atoms with Gasteiger partial charge >= 0.3 is 11.9 Å². The standard InChI is InChI=1S/C44H26BrN5O5S.C31H19BrN4O3.C23H14BrN3.C22H13N3/c45-21-5-14-36-32(15-21)35(20-46-36)42-49-40-29-4-2-1-3-26(29)27-10-6-22(16-33(27)41(40)50-42)47-44(56)48-23-7-11-28(34(17-23)43(53)54)39-30-12-8-24(51)18-37(30)55-38-19-25(52)9-13-31(38)39;32-16-9-12-26-23(13-16)25(15-33-26)29-35-27-20-6-2-1-5-18(20)19-11-10-17(14-24(19)28(27)36-29)34-30(37)21-7-3-4-8-22(21)31(38)39;24-13-9-10-15-14-5-1-2-7-17(14)21-22(18(15)11-13)27-23(26-21)19-12-25-20-8-4-3-6-16(19)20;1-23-15-8-6-7-14(13-15)22-24-20-18-11-4-2-9-16(18)17-10-3-5-12-19(17)21(20)25-22/h1-20,46,51H,(H,49,50)(H,53,54)(H2,47,48,56);1-15,33H,(H,34,37)(H,35,36)(H,38,39);1-12,25H,(H,26,27);2-13H,(H,24,25). The fourth-order valence-electron chi connectivity index (χ4n) is 20.4. The minimum Gasteiger partial charge on any atom is -0.508 e. The Balaban J connectivity index is 0.000000108. The second-order valence-electron chi connectivity index (χ2n) is 35.6. The summed E-state index contributed by atoms with van der Waals surface area (Å²) in [6.07, 6.45) is 5.95. The number of fused-ring (bicyclic) bond motifs is 29. The van der Waals surface area contributed by atoms with E-state index in [9.17, 15) is 34.5 Å². The smallest absolute Gasteiger partial charge is 0.336 e. The van der Waals surface area contributed by atoms with E-state index in [0.29, 0.717) is 44.7 Å². The van der Waals surface area contributed by atoms with E-state index < -0.39 is 17.8 Å². The summed E-state index contributed by atoms with van der Waals surface area (Å²) in [7, 11) is 0. The number of anilines is 3. The highest BCUT2D eigenvalue weighted by Crippen LogP contribution is 2.47. The van der Waals surface area contributed by atoms with Crippen LogP contribution in [0.25, 0.3) is 247 Å². The number of halogens is 3. The number of nitrogens with one attached hydrogen (secondary N) is 10. The maximum absolute atomic E-state index is 13.1. The molecule has 0 fully saturated rings. The number of phenolic OH excluding ortho intramolecular Hbond substituents is 1. The zero-order valence-electron chi connectivity index (χ0n) is 76.7. The third kappa shape index (κ3) is 16.0. The number of aromatic amines is 7. The van der Waals surface area contributed by atoms with Crippen LogP contribution in [0.3, 0.4) is 0 Å². The van der Waals surface area contributed by atoms with Crippen molar-refractivity contribution in [3.05, 3.63) is 410 Å². The number of thiocarbonyl (C=S) groups is 1. The quantitative estimate of drug-likeness (QED) is 0.0248. The van der Waals surface area contributed by atoms with Gasteiger partial charge in [0, 0.05) is 176 Å². The van der Waals surface area contributed by atoms with E-state index >= 15 is 0 Å². The lowest BCUT2D eigenvalue weighted by Gasteiger charge is -2.18. The molecule has 0 atom stereocenters. The van der Waals surface area contributed by atoms with Gasteiger partial charge in [-0.25, -0.2) is 34.4 Å². The van der Waals surface area contributed by atoms with Crippen LogP contribution in [-0.2, 0) is 0 Å². The molecular weight excluding hydrogens is 2050 g/mol. The SMILES string of the molecule is Brc1ccc2c3ccccc3c3[nH]c(-c4c[nH]c5ccccc45)nc3c2c1.O=C(O)c1cc(NC(=S)Nc2ccc3c4ccccc4c4nc(-c5c[nH]c6ccc(Br)cc56)[nH]c4c3c2)ccc1-c1c2ccc(=O)cc-2oc2cc(O)ccc12.O=C(O)c1ccccc1C(=O)Nc1ccc2c3ccccc3c3nc(-c4c[nH]c5ccc(Br)cc45)[nH]c3c2c1.[C-]#[N+]c1cccc(-c2nc3c4ccccc4c4ccccc4c3[nH]2)c1. The Kier molecular flexibility index (Phi) is 22.2. The summed E-state index contributed by atoms with van der Waals surface area (Å²) >= 11 is 16.5. The van der Waals surface area contributed by atoms with Gasteiger partial charge in [0.1, 0.15) is 40.4 Å². The summed E-state index contributed by atoms with van der Waals surface area (Å²) in [6, 6.07) is 108. The molecule has 13 N–H and O–H groups in total. The average molecular weight is 2120 g/mol. The van der Waals surface area contributed by atoms with Crippen LogP contribution in [0.2, 0.25) is 0 Å². The number of carboxylic acid groups (broad SMARTS) is 2. The summed E-state index contributed by atoms with van der Waals surface area (Å²) in [6.45, 7) is 7.22. The number of hydrogen-bond acceptors (Lipinski definition) is 11. The topological polar surface area (TPSA) is 345 Å². The van der Waals surface area contributed by atoms with Gasteiger partial charge in [-0.15, -0.1) is 0 Å². The van der Waals surface area contributed by atoms with E-state index in [0.717, 1.165) is 195 Å². The zero-order chi connectivity index (χ0) is 99.7. The summed E-state index contributed by atoms with van der Waals surface area (Å²) in [5, 5.41) is 61.1. The monoisotopic (exact) mass is 2120 g/mol. The average Bonchev–Trinajstić information content (AvgIpc) is 1.55. The number of carbonyl (C=O) groups is 3. The number of carbonyl (C=O) groups excluding carboxylic acids is 1. The fraction of sp³-hybridized carbons (Fsp3) is 0. The van der Waals surface area contributed by atoms with Gasteiger partial charge in [0.2, 0.25) is 0 Å². The number of H-pyrrole nitrogens is 7. The van der Waals surface area contributed by atoms with Gasteiger partial charge in [0.25, 0.3) is 5.91 Å². The van der Waals surface area contributed by atoms with Crippen molar-refractivity contribution in [3.8, 4) is 73.8 Å². The Morgan fingerprint density at radius 2 is 0.735 bits per heavy atom. The second kappa shape index (κ2) is 36.4. The van der Waals surface area contributed by atoms with Crippen molar-refractivity contribution in [2.45, 2.75) is 0 Å². The number of imidazole rings is 4. The predicted molar refractivity (Wildman–Crippen MR) is 605 cm³/mol. The Hall–Kier alpha value is -18.7. The number of nitrogens with zero attached hydrogens (tertiary/aromatic N) is 5. The second-order valence-corrected chi connectivity index (χ2v) is 38.8. The molecule has 0 radical (unpaired) electrons. The number of aromatic carboxylic acids is 2. The van der Waals surface area contributed by atoms with Crippen LogP contribution < -0.4 is 21.4 Å². The first kappa shape index (κ1) is 89.6. The molecule has 0 spiro atoms. The van der Waals surface area contributed by atoms with E-state index in [2.05, 4.69) is 249 Å². The van der Waals surface area contributed by atoms with E-state index in [-0.39, 0.29) is 38.7 Å². The maximum atomic E-state index is 13.1. The Morgan fingerprint density at radius 3 is 1.28 bits per heavy atom. The molecule has 0 bridgehead atoms. The number of benzene rings is 20. The molecule has 19 aromatic carbocycles. The van der Waals surface area contributed by atoms with Gasteiger partial charge < -0.3 is 70.6 Å². The van der Waals surface area contributed by atoms with Gasteiger partial charge in [0.05, 0.1) is 67.4 Å². The third-order valence-corrected chi connectivity index (χ3v) is 28.7. The van der Waals surface area contributed by atoms with E-state index in [1.165, 1.54) is 74.8 Å². The molecule has 1 amide bonds. The molecule has 0 saturated carbocycles. The fourth-order valence-corrected chi connectivity index (χ4v) is 21.7. The minimum absolute atomic E-state index is 0.00320. The van der Waals surface area contributed by atoms with Crippen molar-refractivity contribution < 1.29 is 34.1 Å². The summed E-state index contributed by atoms with van der Waals surface area (Å²) < 4.78 is 8.97. The van der Waals surface area contributed by atoms with Gasteiger partial charge in [-0.2, -0.15) is 0 Å². The van der Waals surface area contributed by atoms with Crippen LogP contribution in [0.4, 0.5) is 22.7 Å². The molecule has 28 rings (SSSR count). The summed E-state index contributed by atoms with van der Waals surface area (Å²) in [5.41, 5.74) is 18.5. The number of aromatic nitrogens is 11. The number of rotatable bonds is 11. The maximum Gasteiger partial charge on any atom is 0.336 e. The minimum atomic E-state index is -1.16. The van der Waals surface area contributed by atoms with Crippen LogP contribution in [0.5, 0.6) is 5.75 Å². The molecule has 7 aromatic heterocycles. The number of hydrogen-bond donors (Lipinski definition) is 13. The molecule has 0 saturated heterocycles. The first-order chi connectivity index (χ1) is 71.8. The highest BCUT2D eigenvalue weighted by molar-refractivity contribution is 9.11. The number of carboxylic acids is 2. The lowest BCUT2D eigenvalue weighted by Crippen LogP contribution is -2.19. The van der Waals surface area contributed by atoms with Gasteiger partial charge in [-0.05, 0) is 194 Å². The lowest BCUT2D eigenvalue weighted by atomic mass is 9.90. The lowest BCUT2D eigenvalue weighted by molar-refractivity contribution is 0.0685. The van der Waals surface area contributed by atoms with Crippen LogP contribution in [0.15, 0.2) is 381 Å². The molecule has 1 aliphatic heterocycles. The molecule has 26 aromatic rings. The Labute approximate surface area is 861 Å². The van der Waals surface area contributed by atoms with Crippen molar-refractivity contribution in [2.75, 3.05) is 16.0 Å². The molecule has 8 heterocycles. The van der Waals surface area contributed by atoms with Gasteiger partial charge in [-0.3, -0.25) is 9.59 Å². The van der Waals surface area contributed by atoms with Crippen LogP contribution in [-0.4, -0.2) is 93.1 Å². The molecule has 2 aliphatic rings. The number of para-hydroxylation sites is 1. The first-order valence-electron chi connectivity index (χ1n) is 46.7. The van der Waals surface area contributed by atoms with Crippen molar-refractivity contribution in [3.63, 3.8) is 0 Å². The van der Waals surface area contributed by atoms with Crippen molar-refractivity contribution in [1.29, 1.82) is 0 Å². The molecule has 0 unspecified atom stereocenters. The largest absolute Gasteiger partial charge is 0.508 e. The molecule has 27 heteroatoms. The van der Waals surface area contributed by atoms with Crippen molar-refractivity contribution in [1.82, 2.24) is 54.8 Å². The Morgan fingerprint density at radius 1 is 0.333 bits per heavy atom. The van der Waals surface area contributed by atoms with Gasteiger partial charge in [-0.1, -0.05) is 242 Å². The van der Waals surface area contributed by atoms with Crippen LogP contribution >= 0.6 is 60.0 Å². The number of phenols is 1. The highest BCUT2D eigenvalue weighted by atomic mass is 79.9. The number of amides is 1. The highest BCUT2D eigenvalue weighted by Gasteiger charge is 2.28. The first-order valence-corrected chi connectivity index (χ1v) is 49.4. The summed E-state index contributed by atoms with van der Waals surface area (Å²) in [5.74, 6) is 0.608. The van der Waals surface area contributed by atoms with Crippen LogP contribution in [0.1, 0.15) is 31.1 Å². The molecule has 702 valence electrons. The zero-order valence-corrected chi connectivity index (χ0v) is 82.3. The number of aromatic hydroxyl groups is 1. The molecular formula is C120H72Br3N15O8S. The molecule has 147 heavy (non-hydrogen) atoms. The van der Waals surface area contributed by atoms with Gasteiger partial charge in [0.15, 0.2) is 16.2 Å². The summed E-state index contributed by atoms with van der Waals surface area (Å²) in [4.78, 5) is 97.5. The normalized spacial score (nSPS) is 11.6. The third-order valence-electron chi connectivity index (χ3n) is 27.0. The van der Waals surface area contributed by atoms with Crippen molar-refractivity contribution >= 4 is 280 Å². The predicted octanol–water partition coefficient (Wildman–Crippen LogP) is 31.5. The van der Waals surface area contributed by atoms with E-state index in [1.54, 1.807) is 36.4 Å². The van der Waals surface area contributed by atoms with Crippen molar-refractivity contribution in [2.24, 2.45) is 0 Å². The van der Waals surface area contributed by atoms with Crippen LogP contribution in [0, 0.1) is 6.57 Å². The van der Waals surface area contributed by atoms with E-state index in [1.807, 2.05) is 134 Å².